The topological polar surface area (TPSA) is 199 Å². The van der Waals surface area contributed by atoms with Gasteiger partial charge in [-0.25, -0.2) is 4.79 Å². The van der Waals surface area contributed by atoms with Crippen LogP contribution < -0.4 is 20.9 Å². The van der Waals surface area contributed by atoms with E-state index in [0.717, 1.165) is 5.56 Å². The minimum atomic E-state index is -1.13. The molecule has 3 atom stereocenters. The van der Waals surface area contributed by atoms with Gasteiger partial charge in [0.2, 0.25) is 23.6 Å². The Morgan fingerprint density at radius 2 is 1.83 bits per heavy atom. The minimum absolute atomic E-state index is 0.0251. The zero-order valence-electron chi connectivity index (χ0n) is 23.0. The molecule has 1 aliphatic heterocycles. The first kappa shape index (κ1) is 29.4. The van der Waals surface area contributed by atoms with Crippen LogP contribution in [0.4, 0.5) is 5.69 Å². The van der Waals surface area contributed by atoms with Crippen molar-refractivity contribution in [2.24, 2.45) is 5.92 Å². The maximum atomic E-state index is 13.4. The number of nitrogens with zero attached hydrogens (tertiary/aromatic N) is 4. The molecule has 2 aromatic rings. The molecule has 14 heteroatoms. The Morgan fingerprint density at radius 3 is 2.51 bits per heavy atom. The number of carboxylic acids is 1. The van der Waals surface area contributed by atoms with E-state index < -0.39 is 48.2 Å². The second-order valence-corrected chi connectivity index (χ2v) is 10.2. The normalized spacial score (nSPS) is 17.8. The molecule has 4 rings (SSSR count). The first-order valence-corrected chi connectivity index (χ1v) is 13.6. The number of benzene rings is 1. The summed E-state index contributed by atoms with van der Waals surface area (Å²) in [5, 5.41) is 30.9. The molecule has 0 bridgehead atoms. The summed E-state index contributed by atoms with van der Waals surface area (Å²) in [5.74, 6) is -3.20. The molecule has 14 nitrogen and oxygen atoms in total. The molecule has 218 valence electrons. The monoisotopic (exact) mass is 566 g/mol. The molecular weight excluding hydrogens is 532 g/mol. The highest BCUT2D eigenvalue weighted by Crippen LogP contribution is 2.32. The second-order valence-electron chi connectivity index (χ2n) is 10.2. The lowest BCUT2D eigenvalue weighted by molar-refractivity contribution is -0.133. The molecule has 2 heterocycles. The van der Waals surface area contributed by atoms with Crippen molar-refractivity contribution in [1.82, 2.24) is 36.6 Å². The standard InChI is InChI=1S/C27H34N8O6/c1-3-15(2)23(30-24(37)17-9-5-6-10-18(17)27(40)41)26(39)29-14-22(36)35-19-11-7-4-8-16(19)12-20(35)25(38)28-13-21-31-33-34-32-21/h4,7-8,11,15,20,23H,3,5-6,9-10,12-14H2,1-2H3,(H,28,38)(H,29,39)(H,30,37)(H,40,41)(H,31,32,33,34)/t15-,20-,23-/m0/s1. The summed E-state index contributed by atoms with van der Waals surface area (Å²) < 4.78 is 0. The number of aromatic amines is 1. The van der Waals surface area contributed by atoms with Gasteiger partial charge in [-0.05, 0) is 43.2 Å². The minimum Gasteiger partial charge on any atom is -0.478 e. The molecule has 0 spiro atoms. The molecule has 0 saturated carbocycles. The average Bonchev–Trinajstić information content (AvgIpc) is 3.65. The summed E-state index contributed by atoms with van der Waals surface area (Å²) in [4.78, 5) is 65.8. The lowest BCUT2D eigenvalue weighted by Gasteiger charge is -2.27. The van der Waals surface area contributed by atoms with Gasteiger partial charge in [-0.15, -0.1) is 10.2 Å². The van der Waals surface area contributed by atoms with Crippen LogP contribution in [0.2, 0.25) is 0 Å². The smallest absolute Gasteiger partial charge is 0.332 e. The number of anilines is 1. The van der Waals surface area contributed by atoms with Crippen molar-refractivity contribution in [2.45, 2.75) is 71.0 Å². The summed E-state index contributed by atoms with van der Waals surface area (Å²) in [6.07, 6.45) is 2.85. The van der Waals surface area contributed by atoms with Crippen molar-refractivity contribution >= 4 is 35.3 Å². The van der Waals surface area contributed by atoms with E-state index in [2.05, 4.69) is 36.6 Å². The molecule has 0 unspecified atom stereocenters. The Labute approximate surface area is 236 Å². The van der Waals surface area contributed by atoms with Crippen molar-refractivity contribution < 1.29 is 29.1 Å². The molecule has 1 aromatic heterocycles. The maximum absolute atomic E-state index is 13.4. The SMILES string of the molecule is CC[C@H](C)[C@H](NC(=O)C1=C(C(=O)O)CCCC1)C(=O)NCC(=O)N1c2ccccc2C[C@H]1C(=O)NCc1nn[nH]n1. The maximum Gasteiger partial charge on any atom is 0.332 e. The van der Waals surface area contributed by atoms with Crippen molar-refractivity contribution in [2.75, 3.05) is 11.4 Å². The summed E-state index contributed by atoms with van der Waals surface area (Å²) in [7, 11) is 0. The number of carboxylic acid groups (broad SMARTS) is 1. The van der Waals surface area contributed by atoms with Gasteiger partial charge < -0.3 is 21.1 Å². The van der Waals surface area contributed by atoms with E-state index in [0.29, 0.717) is 44.2 Å². The van der Waals surface area contributed by atoms with Crippen LogP contribution in [0, 0.1) is 5.92 Å². The molecule has 0 radical (unpaired) electrons. The van der Waals surface area contributed by atoms with Crippen LogP contribution >= 0.6 is 0 Å². The molecule has 1 aliphatic carbocycles. The Balaban J connectivity index is 1.45. The second kappa shape index (κ2) is 13.2. The van der Waals surface area contributed by atoms with E-state index in [1.807, 2.05) is 19.1 Å². The molecule has 5 N–H and O–H groups in total. The predicted octanol–water partition coefficient (Wildman–Crippen LogP) is 0.376. The Hall–Kier alpha value is -4.62. The average molecular weight is 567 g/mol. The van der Waals surface area contributed by atoms with Crippen LogP contribution in [-0.2, 0) is 36.9 Å². The number of rotatable bonds is 11. The molecular formula is C27H34N8O6. The number of hydrogen-bond acceptors (Lipinski definition) is 8. The van der Waals surface area contributed by atoms with E-state index in [4.69, 9.17) is 0 Å². The number of aliphatic carboxylic acids is 1. The molecule has 1 aromatic carbocycles. The fraction of sp³-hybridized carbons (Fsp3) is 0.481. The van der Waals surface area contributed by atoms with Gasteiger partial charge in [0, 0.05) is 23.3 Å². The fourth-order valence-electron chi connectivity index (χ4n) is 5.13. The third-order valence-corrected chi connectivity index (χ3v) is 7.55. The number of nitrogens with one attached hydrogen (secondary N) is 4. The third-order valence-electron chi connectivity index (χ3n) is 7.55. The molecule has 0 fully saturated rings. The summed E-state index contributed by atoms with van der Waals surface area (Å²) in [6.45, 7) is 3.27. The first-order chi connectivity index (χ1) is 19.7. The number of carbonyl (C=O) groups excluding carboxylic acids is 4. The van der Waals surface area contributed by atoms with Crippen LogP contribution in [0.1, 0.15) is 57.3 Å². The van der Waals surface area contributed by atoms with Gasteiger partial charge in [0.05, 0.1) is 13.1 Å². The van der Waals surface area contributed by atoms with Crippen LogP contribution in [0.15, 0.2) is 35.4 Å². The zero-order chi connectivity index (χ0) is 29.5. The summed E-state index contributed by atoms with van der Waals surface area (Å²) in [5.41, 5.74) is 1.64. The van der Waals surface area contributed by atoms with E-state index in [1.54, 1.807) is 19.1 Å². The lowest BCUT2D eigenvalue weighted by atomic mass is 9.90. The van der Waals surface area contributed by atoms with E-state index in [1.165, 1.54) is 4.90 Å². The van der Waals surface area contributed by atoms with Gasteiger partial charge in [0.25, 0.3) is 0 Å². The highest BCUT2D eigenvalue weighted by atomic mass is 16.4. The van der Waals surface area contributed by atoms with Gasteiger partial charge in [0.1, 0.15) is 12.1 Å². The number of amides is 4. The van der Waals surface area contributed by atoms with Crippen molar-refractivity contribution in [3.63, 3.8) is 0 Å². The van der Waals surface area contributed by atoms with E-state index in [-0.39, 0.29) is 29.4 Å². The number of tetrazole rings is 1. The van der Waals surface area contributed by atoms with Gasteiger partial charge in [0.15, 0.2) is 5.82 Å². The van der Waals surface area contributed by atoms with Crippen LogP contribution in [0.3, 0.4) is 0 Å². The van der Waals surface area contributed by atoms with E-state index >= 15 is 0 Å². The number of fused-ring (bicyclic) bond motifs is 1. The molecule has 2 aliphatic rings. The van der Waals surface area contributed by atoms with Crippen LogP contribution in [0.5, 0.6) is 0 Å². The Bertz CT molecular complexity index is 1340. The largest absolute Gasteiger partial charge is 0.478 e. The molecule has 41 heavy (non-hydrogen) atoms. The lowest BCUT2D eigenvalue weighted by Crippen LogP contribution is -2.54. The van der Waals surface area contributed by atoms with Crippen molar-refractivity contribution in [1.29, 1.82) is 0 Å². The Kier molecular flexibility index (Phi) is 9.42. The molecule has 0 saturated heterocycles. The fourth-order valence-corrected chi connectivity index (χ4v) is 5.13. The number of carbonyl (C=O) groups is 5. The van der Waals surface area contributed by atoms with Crippen LogP contribution in [-0.4, -0.2) is 74.0 Å². The predicted molar refractivity (Wildman–Crippen MR) is 145 cm³/mol. The molecule has 4 amide bonds. The van der Waals surface area contributed by atoms with Gasteiger partial charge >= 0.3 is 5.97 Å². The highest BCUT2D eigenvalue weighted by molar-refractivity contribution is 6.06. The van der Waals surface area contributed by atoms with Gasteiger partial charge in [-0.2, -0.15) is 5.21 Å². The zero-order valence-corrected chi connectivity index (χ0v) is 23.0. The number of para-hydroxylation sites is 1. The number of aromatic nitrogens is 4. The number of H-pyrrole nitrogens is 1. The first-order valence-electron chi connectivity index (χ1n) is 13.6. The Morgan fingerprint density at radius 1 is 1.10 bits per heavy atom. The van der Waals surface area contributed by atoms with E-state index in [9.17, 15) is 29.1 Å². The summed E-state index contributed by atoms with van der Waals surface area (Å²) >= 11 is 0. The number of hydrogen-bond donors (Lipinski definition) is 5. The van der Waals surface area contributed by atoms with Crippen LogP contribution in [0.25, 0.3) is 0 Å². The van der Waals surface area contributed by atoms with Crippen molar-refractivity contribution in [3.05, 3.63) is 46.8 Å². The van der Waals surface area contributed by atoms with Crippen molar-refractivity contribution in [3.8, 4) is 0 Å². The highest BCUT2D eigenvalue weighted by Gasteiger charge is 2.38. The van der Waals surface area contributed by atoms with Gasteiger partial charge in [-0.3, -0.25) is 24.1 Å². The van der Waals surface area contributed by atoms with Gasteiger partial charge in [-0.1, -0.05) is 43.7 Å². The summed E-state index contributed by atoms with van der Waals surface area (Å²) in [6, 6.07) is 5.32. The third kappa shape index (κ3) is 6.76. The quantitative estimate of drug-likeness (QED) is 0.255.